The second-order valence-electron chi connectivity index (χ2n) is 8.09. The molecule has 1 aliphatic heterocycles. The molecule has 35 heavy (non-hydrogen) atoms. The van der Waals surface area contributed by atoms with E-state index < -0.39 is 27.3 Å². The van der Waals surface area contributed by atoms with Crippen LogP contribution >= 0.6 is 23.2 Å². The van der Waals surface area contributed by atoms with Gasteiger partial charge in [0.1, 0.15) is 11.2 Å². The molecule has 9 nitrogen and oxygen atoms in total. The van der Waals surface area contributed by atoms with Crippen LogP contribution in [-0.4, -0.2) is 59.3 Å². The lowest BCUT2D eigenvalue weighted by Crippen LogP contribution is -2.58. The summed E-state index contributed by atoms with van der Waals surface area (Å²) in [5.41, 5.74) is -0.436. The number of rotatable bonds is 6. The van der Waals surface area contributed by atoms with Crippen LogP contribution in [0.1, 0.15) is 23.3 Å². The van der Waals surface area contributed by atoms with Gasteiger partial charge in [0.15, 0.2) is 21.3 Å². The van der Waals surface area contributed by atoms with Gasteiger partial charge >= 0.3 is 5.97 Å². The number of nitrogens with zero attached hydrogens (tertiary/aromatic N) is 2. The van der Waals surface area contributed by atoms with Gasteiger partial charge in [0, 0.05) is 10.6 Å². The Labute approximate surface area is 211 Å². The number of hydrogen-bond donors (Lipinski definition) is 2. The van der Waals surface area contributed by atoms with Crippen molar-refractivity contribution in [3.8, 4) is 22.7 Å². The number of methoxy groups -OCH3 is 1. The Hall–Kier alpha value is -3.08. The van der Waals surface area contributed by atoms with Crippen molar-refractivity contribution in [3.63, 3.8) is 0 Å². The standard InChI is InChI=1S/C23H21Cl2N3O6S/c1-34-20-18(21(29)26-23(22(30)31)10-12-35(32,33)13-11-23)27-28(17-5-3-2-4-16(17)25)19(20)14-6-8-15(24)9-7-14/h2-9H,10-13H2,1H3,(H,26,29)(H,30,31). The molecule has 2 heterocycles. The average molecular weight is 538 g/mol. The molecule has 0 unspecified atom stereocenters. The number of halogens is 2. The molecule has 2 aromatic carbocycles. The number of ether oxygens (including phenoxy) is 1. The number of nitrogens with one attached hydrogen (secondary N) is 1. The highest BCUT2D eigenvalue weighted by Gasteiger charge is 2.46. The first-order valence-corrected chi connectivity index (χ1v) is 13.1. The third kappa shape index (κ3) is 4.86. The monoisotopic (exact) mass is 537 g/mol. The van der Waals surface area contributed by atoms with E-state index in [9.17, 15) is 23.1 Å². The molecule has 1 amide bonds. The first-order valence-electron chi connectivity index (χ1n) is 10.5. The lowest BCUT2D eigenvalue weighted by Gasteiger charge is -2.33. The van der Waals surface area contributed by atoms with Gasteiger partial charge in [-0.05, 0) is 37.1 Å². The minimum atomic E-state index is -3.37. The van der Waals surface area contributed by atoms with Crippen LogP contribution < -0.4 is 10.1 Å². The van der Waals surface area contributed by atoms with Crippen LogP contribution in [0.4, 0.5) is 0 Å². The molecule has 0 saturated carbocycles. The third-order valence-corrected chi connectivity index (χ3v) is 8.13. The predicted molar refractivity (Wildman–Crippen MR) is 131 cm³/mol. The van der Waals surface area contributed by atoms with Gasteiger partial charge in [0.2, 0.25) is 0 Å². The highest BCUT2D eigenvalue weighted by atomic mass is 35.5. The molecular weight excluding hydrogens is 517 g/mol. The molecule has 0 bridgehead atoms. The Kier molecular flexibility index (Phi) is 6.81. The maximum absolute atomic E-state index is 13.4. The number of aromatic nitrogens is 2. The molecule has 0 atom stereocenters. The summed E-state index contributed by atoms with van der Waals surface area (Å²) in [6, 6.07) is 13.7. The Morgan fingerprint density at radius 1 is 1.09 bits per heavy atom. The van der Waals surface area contributed by atoms with Crippen molar-refractivity contribution in [2.24, 2.45) is 0 Å². The molecule has 3 aromatic rings. The minimum absolute atomic E-state index is 0.0914. The number of hydrogen-bond acceptors (Lipinski definition) is 6. The van der Waals surface area contributed by atoms with Crippen LogP contribution in [0, 0.1) is 0 Å². The first kappa shape index (κ1) is 25.0. The number of carboxylic acid groups (broad SMARTS) is 1. The molecule has 0 spiro atoms. The molecule has 1 aromatic heterocycles. The van der Waals surface area contributed by atoms with Crippen molar-refractivity contribution in [1.29, 1.82) is 0 Å². The molecule has 1 aliphatic rings. The summed E-state index contributed by atoms with van der Waals surface area (Å²) < 4.78 is 30.8. The highest BCUT2D eigenvalue weighted by Crippen LogP contribution is 2.38. The largest absolute Gasteiger partial charge is 0.492 e. The smallest absolute Gasteiger partial charge is 0.329 e. The summed E-state index contributed by atoms with van der Waals surface area (Å²) in [5.74, 6) is -2.73. The summed E-state index contributed by atoms with van der Waals surface area (Å²) in [4.78, 5) is 25.5. The molecule has 0 radical (unpaired) electrons. The predicted octanol–water partition coefficient (Wildman–Crippen LogP) is 3.62. The lowest BCUT2D eigenvalue weighted by atomic mass is 9.92. The Bertz CT molecular complexity index is 1390. The van der Waals surface area contributed by atoms with Gasteiger partial charge in [-0.1, -0.05) is 47.5 Å². The van der Waals surface area contributed by atoms with Crippen LogP contribution in [0.3, 0.4) is 0 Å². The molecule has 0 aliphatic carbocycles. The zero-order valence-corrected chi connectivity index (χ0v) is 20.8. The molecule has 1 fully saturated rings. The molecule has 4 rings (SSSR count). The van der Waals surface area contributed by atoms with E-state index in [2.05, 4.69) is 10.4 Å². The molecule has 184 valence electrons. The van der Waals surface area contributed by atoms with E-state index >= 15 is 0 Å². The van der Waals surface area contributed by atoms with Crippen LogP contribution in [0.25, 0.3) is 16.9 Å². The average Bonchev–Trinajstić information content (AvgIpc) is 3.21. The minimum Gasteiger partial charge on any atom is -0.492 e. The van der Waals surface area contributed by atoms with Gasteiger partial charge in [0.05, 0.1) is 29.3 Å². The second-order valence-corrected chi connectivity index (χ2v) is 11.2. The number of carbonyl (C=O) groups excluding carboxylic acids is 1. The van der Waals surface area contributed by atoms with Gasteiger partial charge in [-0.3, -0.25) is 4.79 Å². The van der Waals surface area contributed by atoms with Crippen molar-refractivity contribution in [3.05, 3.63) is 64.3 Å². The maximum Gasteiger partial charge on any atom is 0.329 e. The van der Waals surface area contributed by atoms with Gasteiger partial charge in [-0.15, -0.1) is 0 Å². The van der Waals surface area contributed by atoms with E-state index in [1.165, 1.54) is 11.8 Å². The van der Waals surface area contributed by atoms with E-state index in [1.807, 2.05) is 0 Å². The van der Waals surface area contributed by atoms with E-state index in [1.54, 1.807) is 48.5 Å². The van der Waals surface area contributed by atoms with Gasteiger partial charge < -0.3 is 15.2 Å². The first-order chi connectivity index (χ1) is 16.6. The summed E-state index contributed by atoms with van der Waals surface area (Å²) >= 11 is 12.5. The van der Waals surface area contributed by atoms with Crippen LogP contribution in [0.15, 0.2) is 48.5 Å². The second kappa shape index (κ2) is 9.52. The number of aliphatic carboxylic acids is 1. The molecule has 2 N–H and O–H groups in total. The topological polar surface area (TPSA) is 128 Å². The fourth-order valence-corrected chi connectivity index (χ4v) is 5.82. The normalized spacial score (nSPS) is 16.4. The zero-order valence-electron chi connectivity index (χ0n) is 18.5. The molecule has 12 heteroatoms. The third-order valence-electron chi connectivity index (χ3n) is 5.90. The Morgan fingerprint density at radius 3 is 2.29 bits per heavy atom. The van der Waals surface area contributed by atoms with Crippen molar-refractivity contribution in [2.75, 3.05) is 18.6 Å². The van der Waals surface area contributed by atoms with Crippen molar-refractivity contribution >= 4 is 44.9 Å². The summed E-state index contributed by atoms with van der Waals surface area (Å²) in [7, 11) is -2.00. The lowest BCUT2D eigenvalue weighted by molar-refractivity contribution is -0.144. The fourth-order valence-electron chi connectivity index (χ4n) is 3.96. The van der Waals surface area contributed by atoms with E-state index in [0.29, 0.717) is 27.0 Å². The maximum atomic E-state index is 13.4. The van der Waals surface area contributed by atoms with E-state index in [-0.39, 0.29) is 35.8 Å². The van der Waals surface area contributed by atoms with E-state index in [4.69, 9.17) is 27.9 Å². The number of carboxylic acids is 1. The zero-order chi connectivity index (χ0) is 25.4. The number of sulfone groups is 1. The van der Waals surface area contributed by atoms with E-state index in [0.717, 1.165) is 0 Å². The van der Waals surface area contributed by atoms with Gasteiger partial charge in [-0.25, -0.2) is 17.9 Å². The molecular formula is C23H21Cl2N3O6S. The fraction of sp³-hybridized carbons (Fsp3) is 0.261. The van der Waals surface area contributed by atoms with Crippen molar-refractivity contribution < 1.29 is 27.9 Å². The number of carbonyl (C=O) groups is 2. The number of benzene rings is 2. The number of amides is 1. The highest BCUT2D eigenvalue weighted by molar-refractivity contribution is 7.91. The number of para-hydroxylation sites is 1. The van der Waals surface area contributed by atoms with Gasteiger partial charge in [-0.2, -0.15) is 5.10 Å². The summed E-state index contributed by atoms with van der Waals surface area (Å²) in [6.45, 7) is 0. The summed E-state index contributed by atoms with van der Waals surface area (Å²) in [5, 5.41) is 17.7. The van der Waals surface area contributed by atoms with Crippen molar-refractivity contribution in [1.82, 2.24) is 15.1 Å². The van der Waals surface area contributed by atoms with Crippen LogP contribution in [0.2, 0.25) is 10.0 Å². The van der Waals surface area contributed by atoms with Crippen molar-refractivity contribution in [2.45, 2.75) is 18.4 Å². The van der Waals surface area contributed by atoms with Crippen LogP contribution in [0.5, 0.6) is 5.75 Å². The molecule has 1 saturated heterocycles. The Balaban J connectivity index is 1.84. The quantitative estimate of drug-likeness (QED) is 0.491. The van der Waals surface area contributed by atoms with Crippen LogP contribution in [-0.2, 0) is 14.6 Å². The summed E-state index contributed by atoms with van der Waals surface area (Å²) in [6.07, 6.45) is -0.512. The SMILES string of the molecule is COc1c(C(=O)NC2(C(=O)O)CCS(=O)(=O)CC2)nn(-c2ccccc2Cl)c1-c1ccc(Cl)cc1. The van der Waals surface area contributed by atoms with Gasteiger partial charge in [0.25, 0.3) is 5.91 Å². The Morgan fingerprint density at radius 2 is 1.71 bits per heavy atom.